The van der Waals surface area contributed by atoms with Crippen LogP contribution in [0.5, 0.6) is 0 Å². The second-order valence-electron chi connectivity index (χ2n) is 4.18. The molecule has 1 nitrogen and oxygen atoms in total. The Hall–Kier alpha value is -0.710. The second kappa shape index (κ2) is 5.51. The summed E-state index contributed by atoms with van der Waals surface area (Å²) >= 11 is 6.67. The number of aryl methyl sites for hydroxylation is 1. The first kappa shape index (κ1) is 13.7. The van der Waals surface area contributed by atoms with Crippen LogP contribution in [-0.4, -0.2) is 0 Å². The van der Waals surface area contributed by atoms with Gasteiger partial charge < -0.3 is 5.73 Å². The van der Waals surface area contributed by atoms with E-state index in [2.05, 4.69) is 31.9 Å². The number of halogens is 3. The zero-order valence-electron chi connectivity index (χ0n) is 9.75. The molecule has 2 rings (SSSR count). The molecule has 0 saturated carbocycles. The lowest BCUT2D eigenvalue weighted by atomic mass is 9.98. The first-order chi connectivity index (χ1) is 8.49. The molecule has 0 amide bonds. The van der Waals surface area contributed by atoms with Gasteiger partial charge in [-0.2, -0.15) is 0 Å². The van der Waals surface area contributed by atoms with Gasteiger partial charge in [-0.1, -0.05) is 39.7 Å². The van der Waals surface area contributed by atoms with Crippen LogP contribution < -0.4 is 5.73 Å². The number of hydrogen-bond acceptors (Lipinski definition) is 1. The molecular formula is C14H12Br2FN. The second-order valence-corrected chi connectivity index (χ2v) is 5.88. The number of hydrogen-bond donors (Lipinski definition) is 1. The topological polar surface area (TPSA) is 26.0 Å². The Balaban J connectivity index is 2.44. The third-order valence-electron chi connectivity index (χ3n) is 2.79. The highest BCUT2D eigenvalue weighted by molar-refractivity contribution is 9.10. The van der Waals surface area contributed by atoms with Gasteiger partial charge in [0.1, 0.15) is 5.82 Å². The Bertz CT molecular complexity index is 584. The van der Waals surface area contributed by atoms with E-state index in [1.807, 2.05) is 25.1 Å². The fourth-order valence-corrected chi connectivity index (χ4v) is 2.68. The lowest BCUT2D eigenvalue weighted by Gasteiger charge is -2.15. The van der Waals surface area contributed by atoms with E-state index in [1.54, 1.807) is 12.1 Å². The number of benzene rings is 2. The van der Waals surface area contributed by atoms with Crippen LogP contribution in [0.15, 0.2) is 45.3 Å². The summed E-state index contributed by atoms with van der Waals surface area (Å²) in [6, 6.07) is 10.6. The van der Waals surface area contributed by atoms with Crippen molar-refractivity contribution in [3.63, 3.8) is 0 Å². The molecule has 0 saturated heterocycles. The minimum atomic E-state index is -0.283. The maximum absolute atomic E-state index is 13.2. The van der Waals surface area contributed by atoms with Gasteiger partial charge in [0.25, 0.3) is 0 Å². The molecule has 0 fully saturated rings. The third kappa shape index (κ3) is 2.82. The first-order valence-corrected chi connectivity index (χ1v) is 7.04. The summed E-state index contributed by atoms with van der Waals surface area (Å²) in [4.78, 5) is 0. The van der Waals surface area contributed by atoms with E-state index in [1.165, 1.54) is 6.07 Å². The molecule has 2 aromatic rings. The summed E-state index contributed by atoms with van der Waals surface area (Å²) in [5.41, 5.74) is 9.24. The van der Waals surface area contributed by atoms with Crippen LogP contribution in [0.1, 0.15) is 22.7 Å². The zero-order chi connectivity index (χ0) is 13.3. The van der Waals surface area contributed by atoms with Crippen molar-refractivity contribution in [2.45, 2.75) is 13.0 Å². The average Bonchev–Trinajstić information content (AvgIpc) is 2.35. The molecule has 0 bridgehead atoms. The van der Waals surface area contributed by atoms with Gasteiger partial charge in [-0.3, -0.25) is 0 Å². The fourth-order valence-electron chi connectivity index (χ4n) is 1.79. The monoisotopic (exact) mass is 371 g/mol. The smallest absolute Gasteiger partial charge is 0.137 e. The molecule has 18 heavy (non-hydrogen) atoms. The summed E-state index contributed by atoms with van der Waals surface area (Å²) in [5, 5.41) is 0. The predicted octanol–water partition coefficient (Wildman–Crippen LogP) is 4.71. The molecule has 0 heterocycles. The highest BCUT2D eigenvalue weighted by atomic mass is 79.9. The standard InChI is InChI=1S/C14H12Br2FN/c1-8-2-4-11(15)10(6-8)14(18)9-3-5-13(17)12(16)7-9/h2-7,14H,18H2,1H3. The molecule has 1 atom stereocenters. The Morgan fingerprint density at radius 1 is 1.06 bits per heavy atom. The molecule has 0 aliphatic heterocycles. The average molecular weight is 373 g/mol. The maximum atomic E-state index is 13.2. The largest absolute Gasteiger partial charge is 0.320 e. The minimum absolute atomic E-state index is 0.281. The molecule has 0 aliphatic carbocycles. The van der Waals surface area contributed by atoms with E-state index in [-0.39, 0.29) is 11.9 Å². The van der Waals surface area contributed by atoms with Crippen molar-refractivity contribution in [2.75, 3.05) is 0 Å². The lowest BCUT2D eigenvalue weighted by molar-refractivity contribution is 0.619. The van der Waals surface area contributed by atoms with Gasteiger partial charge in [0, 0.05) is 4.47 Å². The van der Waals surface area contributed by atoms with Crippen LogP contribution in [0, 0.1) is 12.7 Å². The molecule has 0 aromatic heterocycles. The van der Waals surface area contributed by atoms with Crippen molar-refractivity contribution in [3.05, 3.63) is 67.9 Å². The van der Waals surface area contributed by atoms with Gasteiger partial charge in [-0.05, 0) is 52.2 Å². The van der Waals surface area contributed by atoms with Gasteiger partial charge in [-0.25, -0.2) is 4.39 Å². The molecule has 2 aromatic carbocycles. The highest BCUT2D eigenvalue weighted by Crippen LogP contribution is 2.29. The summed E-state index contributed by atoms with van der Waals surface area (Å²) in [6.07, 6.45) is 0. The molecule has 2 N–H and O–H groups in total. The van der Waals surface area contributed by atoms with Crippen molar-refractivity contribution in [3.8, 4) is 0 Å². The Morgan fingerprint density at radius 3 is 2.44 bits per heavy atom. The van der Waals surface area contributed by atoms with Crippen LogP contribution in [0.2, 0.25) is 0 Å². The molecule has 0 aliphatic rings. The van der Waals surface area contributed by atoms with Crippen LogP contribution in [0.4, 0.5) is 4.39 Å². The molecule has 94 valence electrons. The molecule has 1 unspecified atom stereocenters. The van der Waals surface area contributed by atoms with Gasteiger partial charge in [0.2, 0.25) is 0 Å². The maximum Gasteiger partial charge on any atom is 0.137 e. The van der Waals surface area contributed by atoms with E-state index in [0.717, 1.165) is 21.2 Å². The van der Waals surface area contributed by atoms with E-state index in [4.69, 9.17) is 5.73 Å². The highest BCUT2D eigenvalue weighted by Gasteiger charge is 2.13. The van der Waals surface area contributed by atoms with Gasteiger partial charge in [-0.15, -0.1) is 0 Å². The quantitative estimate of drug-likeness (QED) is 0.811. The fraction of sp³-hybridized carbons (Fsp3) is 0.143. The normalized spacial score (nSPS) is 12.5. The van der Waals surface area contributed by atoms with Crippen molar-refractivity contribution in [2.24, 2.45) is 5.73 Å². The van der Waals surface area contributed by atoms with E-state index >= 15 is 0 Å². The predicted molar refractivity (Wildman–Crippen MR) is 79.0 cm³/mol. The van der Waals surface area contributed by atoms with Crippen LogP contribution in [0.25, 0.3) is 0 Å². The first-order valence-electron chi connectivity index (χ1n) is 5.45. The Kier molecular flexibility index (Phi) is 4.20. The number of rotatable bonds is 2. The van der Waals surface area contributed by atoms with Crippen LogP contribution >= 0.6 is 31.9 Å². The van der Waals surface area contributed by atoms with Crippen molar-refractivity contribution < 1.29 is 4.39 Å². The SMILES string of the molecule is Cc1ccc(Br)c(C(N)c2ccc(F)c(Br)c2)c1. The summed E-state index contributed by atoms with van der Waals surface area (Å²) < 4.78 is 14.6. The van der Waals surface area contributed by atoms with Crippen molar-refractivity contribution in [1.82, 2.24) is 0 Å². The van der Waals surface area contributed by atoms with E-state index in [9.17, 15) is 4.39 Å². The summed E-state index contributed by atoms with van der Waals surface area (Å²) in [7, 11) is 0. The summed E-state index contributed by atoms with van der Waals surface area (Å²) in [5.74, 6) is -0.283. The lowest BCUT2D eigenvalue weighted by Crippen LogP contribution is -2.13. The molecular weight excluding hydrogens is 361 g/mol. The third-order valence-corrected chi connectivity index (χ3v) is 4.12. The van der Waals surface area contributed by atoms with Gasteiger partial charge in [0.15, 0.2) is 0 Å². The summed E-state index contributed by atoms with van der Waals surface area (Å²) in [6.45, 7) is 2.02. The molecule has 0 radical (unpaired) electrons. The van der Waals surface area contributed by atoms with Crippen molar-refractivity contribution >= 4 is 31.9 Å². The number of nitrogens with two attached hydrogens (primary N) is 1. The Labute approximate surface area is 122 Å². The van der Waals surface area contributed by atoms with E-state index < -0.39 is 0 Å². The molecule has 4 heteroatoms. The van der Waals surface area contributed by atoms with Crippen molar-refractivity contribution in [1.29, 1.82) is 0 Å². The Morgan fingerprint density at radius 2 is 1.78 bits per heavy atom. The van der Waals surface area contributed by atoms with Gasteiger partial charge >= 0.3 is 0 Å². The minimum Gasteiger partial charge on any atom is -0.320 e. The van der Waals surface area contributed by atoms with E-state index in [0.29, 0.717) is 4.47 Å². The van der Waals surface area contributed by atoms with Gasteiger partial charge in [0.05, 0.1) is 10.5 Å². The van der Waals surface area contributed by atoms with Crippen LogP contribution in [0.3, 0.4) is 0 Å². The van der Waals surface area contributed by atoms with Crippen LogP contribution in [-0.2, 0) is 0 Å². The molecule has 0 spiro atoms. The zero-order valence-corrected chi connectivity index (χ0v) is 12.9.